The fourth-order valence-electron chi connectivity index (χ4n) is 3.75. The summed E-state index contributed by atoms with van der Waals surface area (Å²) in [6.45, 7) is 6.19. The van der Waals surface area contributed by atoms with Crippen molar-refractivity contribution in [2.24, 2.45) is 5.92 Å². The first-order valence-electron chi connectivity index (χ1n) is 9.71. The minimum Gasteiger partial charge on any atom is -0.374 e. The van der Waals surface area contributed by atoms with Crippen LogP contribution in [-0.4, -0.2) is 0 Å². The topological polar surface area (TPSA) is 24.1 Å². The Kier molecular flexibility index (Phi) is 4.99. The first-order chi connectivity index (χ1) is 13.8. The van der Waals surface area contributed by atoms with Gasteiger partial charge in [0, 0.05) is 22.6 Å². The number of rotatable bonds is 5. The quantitative estimate of drug-likeness (QED) is 0.551. The van der Waals surface area contributed by atoms with E-state index in [1.807, 2.05) is 30.3 Å². The van der Waals surface area contributed by atoms with Crippen LogP contribution in [-0.2, 0) is 6.18 Å². The second kappa shape index (κ2) is 7.47. The molecule has 0 bridgehead atoms. The van der Waals surface area contributed by atoms with Crippen LogP contribution in [0.1, 0.15) is 42.5 Å². The smallest absolute Gasteiger partial charge is 0.374 e. The van der Waals surface area contributed by atoms with E-state index in [0.717, 1.165) is 28.7 Å². The largest absolute Gasteiger partial charge is 0.416 e. The van der Waals surface area contributed by atoms with Crippen LogP contribution in [0.25, 0.3) is 5.70 Å². The number of fused-ring (bicyclic) bond motifs is 1. The van der Waals surface area contributed by atoms with Gasteiger partial charge in [0.15, 0.2) is 0 Å². The van der Waals surface area contributed by atoms with Crippen molar-refractivity contribution in [1.29, 1.82) is 0 Å². The number of benzene rings is 2. The van der Waals surface area contributed by atoms with Crippen molar-refractivity contribution in [2.45, 2.75) is 32.0 Å². The van der Waals surface area contributed by atoms with Gasteiger partial charge in [0.1, 0.15) is 0 Å². The van der Waals surface area contributed by atoms with Crippen molar-refractivity contribution in [2.75, 3.05) is 5.32 Å². The average molecular weight is 396 g/mol. The monoisotopic (exact) mass is 396 g/mol. The number of hydrogen-bond donors (Lipinski definition) is 2. The van der Waals surface area contributed by atoms with Gasteiger partial charge >= 0.3 is 6.18 Å². The molecular formula is C24H23F3N2. The van der Waals surface area contributed by atoms with E-state index in [9.17, 15) is 13.2 Å². The lowest BCUT2D eigenvalue weighted by Gasteiger charge is -2.29. The molecule has 1 fully saturated rings. The Morgan fingerprint density at radius 2 is 1.79 bits per heavy atom. The van der Waals surface area contributed by atoms with Crippen LogP contribution in [0.5, 0.6) is 0 Å². The Balaban J connectivity index is 1.70. The Morgan fingerprint density at radius 3 is 2.52 bits per heavy atom. The molecule has 29 heavy (non-hydrogen) atoms. The maximum absolute atomic E-state index is 13.5. The van der Waals surface area contributed by atoms with E-state index in [1.165, 1.54) is 30.5 Å². The van der Waals surface area contributed by atoms with Crippen molar-refractivity contribution >= 4 is 11.4 Å². The van der Waals surface area contributed by atoms with Gasteiger partial charge in [0.25, 0.3) is 0 Å². The Morgan fingerprint density at radius 1 is 1.10 bits per heavy atom. The van der Waals surface area contributed by atoms with E-state index >= 15 is 0 Å². The summed E-state index contributed by atoms with van der Waals surface area (Å²) in [7, 11) is 0. The zero-order valence-electron chi connectivity index (χ0n) is 16.2. The molecule has 1 aliphatic heterocycles. The highest BCUT2D eigenvalue weighted by Gasteiger charge is 2.35. The van der Waals surface area contributed by atoms with Gasteiger partial charge in [0.2, 0.25) is 0 Å². The predicted molar refractivity (Wildman–Crippen MR) is 111 cm³/mol. The van der Waals surface area contributed by atoms with Gasteiger partial charge in [-0.15, -0.1) is 0 Å². The standard InChI is InChI=1S/C24H23F3N2/c1-15(17-11-12-17)13-16(2)28-23-14-22(29-21-10-6-4-8-19(21)23)18-7-3-5-9-20(18)24(25,26)27/h3-10,13-14,17,22,28-29H,2,11-12H2,1H3/b15-13+. The van der Waals surface area contributed by atoms with E-state index in [1.54, 1.807) is 12.1 Å². The Hall–Kier alpha value is -2.95. The van der Waals surface area contributed by atoms with Gasteiger partial charge in [0.05, 0.1) is 11.6 Å². The van der Waals surface area contributed by atoms with Crippen LogP contribution in [0.15, 0.2) is 78.5 Å². The molecule has 0 aromatic heterocycles. The molecule has 2 nitrogen and oxygen atoms in total. The maximum atomic E-state index is 13.5. The van der Waals surface area contributed by atoms with Crippen LogP contribution < -0.4 is 10.6 Å². The number of alkyl halides is 3. The fourth-order valence-corrected chi connectivity index (χ4v) is 3.75. The van der Waals surface area contributed by atoms with E-state index < -0.39 is 17.8 Å². The lowest BCUT2D eigenvalue weighted by molar-refractivity contribution is -0.138. The molecule has 2 N–H and O–H groups in total. The highest BCUT2D eigenvalue weighted by atomic mass is 19.4. The van der Waals surface area contributed by atoms with Gasteiger partial charge < -0.3 is 10.6 Å². The molecule has 2 aromatic rings. The number of para-hydroxylation sites is 1. The van der Waals surface area contributed by atoms with Crippen LogP contribution in [0.2, 0.25) is 0 Å². The van der Waals surface area contributed by atoms with Crippen molar-refractivity contribution in [3.63, 3.8) is 0 Å². The van der Waals surface area contributed by atoms with Crippen molar-refractivity contribution in [3.8, 4) is 0 Å². The number of allylic oxidation sites excluding steroid dienone is 2. The molecule has 1 heterocycles. The van der Waals surface area contributed by atoms with E-state index in [2.05, 4.69) is 24.1 Å². The summed E-state index contributed by atoms with van der Waals surface area (Å²) in [5.74, 6) is 0.634. The number of halogens is 3. The summed E-state index contributed by atoms with van der Waals surface area (Å²) in [6, 6.07) is 12.7. The fraction of sp³-hybridized carbons (Fsp3) is 0.250. The van der Waals surface area contributed by atoms with Gasteiger partial charge in [-0.1, -0.05) is 48.6 Å². The SMILES string of the molecule is C=C(/C=C(\C)C1CC1)NC1=CC(c2ccccc2C(F)(F)F)Nc2ccccc21. The van der Waals surface area contributed by atoms with Crippen molar-refractivity contribution in [3.05, 3.63) is 95.2 Å². The van der Waals surface area contributed by atoms with Crippen LogP contribution >= 0.6 is 0 Å². The molecule has 1 aliphatic carbocycles. The van der Waals surface area contributed by atoms with E-state index in [-0.39, 0.29) is 5.56 Å². The molecule has 1 unspecified atom stereocenters. The van der Waals surface area contributed by atoms with Crippen LogP contribution in [0.3, 0.4) is 0 Å². The zero-order valence-corrected chi connectivity index (χ0v) is 16.2. The molecule has 0 radical (unpaired) electrons. The number of anilines is 1. The van der Waals surface area contributed by atoms with Gasteiger partial charge in [-0.2, -0.15) is 13.2 Å². The third-order valence-electron chi connectivity index (χ3n) is 5.38. The molecule has 2 aromatic carbocycles. The summed E-state index contributed by atoms with van der Waals surface area (Å²) < 4.78 is 40.6. The maximum Gasteiger partial charge on any atom is 0.416 e. The Labute approximate surface area is 168 Å². The average Bonchev–Trinajstić information content (AvgIpc) is 3.52. The highest BCUT2D eigenvalue weighted by Crippen LogP contribution is 2.40. The lowest BCUT2D eigenvalue weighted by Crippen LogP contribution is -2.22. The lowest BCUT2D eigenvalue weighted by atomic mass is 9.94. The third kappa shape index (κ3) is 4.24. The normalized spacial score (nSPS) is 19.1. The minimum atomic E-state index is -4.41. The Bertz CT molecular complexity index is 997. The second-order valence-corrected chi connectivity index (χ2v) is 7.65. The molecule has 0 spiro atoms. The molecule has 1 saturated carbocycles. The number of hydrogen-bond acceptors (Lipinski definition) is 2. The van der Waals surface area contributed by atoms with Crippen molar-refractivity contribution < 1.29 is 13.2 Å². The van der Waals surface area contributed by atoms with Crippen LogP contribution in [0, 0.1) is 5.92 Å². The van der Waals surface area contributed by atoms with E-state index in [0.29, 0.717) is 5.92 Å². The van der Waals surface area contributed by atoms with E-state index in [4.69, 9.17) is 0 Å². The second-order valence-electron chi connectivity index (χ2n) is 7.65. The summed E-state index contributed by atoms with van der Waals surface area (Å²) in [5, 5.41) is 6.55. The predicted octanol–water partition coefficient (Wildman–Crippen LogP) is 6.67. The molecule has 1 atom stereocenters. The molecular weight excluding hydrogens is 373 g/mol. The summed E-state index contributed by atoms with van der Waals surface area (Å²) in [5.41, 5.74) is 4.04. The first kappa shape index (κ1) is 19.4. The van der Waals surface area contributed by atoms with Gasteiger partial charge in [-0.3, -0.25) is 0 Å². The van der Waals surface area contributed by atoms with Crippen molar-refractivity contribution in [1.82, 2.24) is 5.32 Å². The molecule has 4 rings (SSSR count). The highest BCUT2D eigenvalue weighted by molar-refractivity contribution is 5.80. The minimum absolute atomic E-state index is 0.198. The first-order valence-corrected chi connectivity index (χ1v) is 9.71. The third-order valence-corrected chi connectivity index (χ3v) is 5.38. The molecule has 5 heteroatoms. The van der Waals surface area contributed by atoms with Gasteiger partial charge in [-0.05, 0) is 55.5 Å². The molecule has 150 valence electrons. The molecule has 0 saturated heterocycles. The summed E-state index contributed by atoms with van der Waals surface area (Å²) in [4.78, 5) is 0. The summed E-state index contributed by atoms with van der Waals surface area (Å²) in [6.07, 6.45) is 1.84. The molecule has 0 amide bonds. The van der Waals surface area contributed by atoms with Crippen LogP contribution in [0.4, 0.5) is 18.9 Å². The molecule has 2 aliphatic rings. The number of nitrogens with one attached hydrogen (secondary N) is 2. The summed E-state index contributed by atoms with van der Waals surface area (Å²) >= 11 is 0. The van der Waals surface area contributed by atoms with Gasteiger partial charge in [-0.25, -0.2) is 0 Å². The zero-order chi connectivity index (χ0) is 20.6.